The number of unbranched alkanes of at least 4 members (excludes halogenated alkanes) is 1. The lowest BCUT2D eigenvalue weighted by atomic mass is 10.0. The molecule has 0 bridgehead atoms. The number of halogens is 1. The fourth-order valence-corrected chi connectivity index (χ4v) is 1.40. The number of rotatable bonds is 4. The van der Waals surface area contributed by atoms with E-state index in [2.05, 4.69) is 6.92 Å². The third-order valence-corrected chi connectivity index (χ3v) is 2.26. The minimum absolute atomic E-state index is 0.0787. The molecule has 2 nitrogen and oxygen atoms in total. The van der Waals surface area contributed by atoms with Gasteiger partial charge in [0.05, 0.1) is 0 Å². The van der Waals surface area contributed by atoms with Gasteiger partial charge in [-0.25, -0.2) is 4.39 Å². The second kappa shape index (κ2) is 4.96. The summed E-state index contributed by atoms with van der Waals surface area (Å²) in [5.74, 6) is -0.278. The molecule has 0 radical (unpaired) electrons. The van der Waals surface area contributed by atoms with Crippen LogP contribution in [0.4, 0.5) is 4.39 Å². The third kappa shape index (κ3) is 2.70. The number of aromatic hydroxyl groups is 1. The van der Waals surface area contributed by atoms with Crippen molar-refractivity contribution in [1.82, 2.24) is 0 Å². The summed E-state index contributed by atoms with van der Waals surface area (Å²) in [5.41, 5.74) is 6.32. The van der Waals surface area contributed by atoms with Crippen molar-refractivity contribution in [3.05, 3.63) is 29.6 Å². The molecule has 0 spiro atoms. The fraction of sp³-hybridized carbons (Fsp3) is 0.455. The highest BCUT2D eigenvalue weighted by atomic mass is 19.1. The first-order chi connectivity index (χ1) is 6.65. The fourth-order valence-electron chi connectivity index (χ4n) is 1.40. The van der Waals surface area contributed by atoms with Gasteiger partial charge in [0, 0.05) is 11.6 Å². The Labute approximate surface area is 83.6 Å². The molecule has 0 aliphatic heterocycles. The van der Waals surface area contributed by atoms with Crippen molar-refractivity contribution in [2.45, 2.75) is 32.2 Å². The van der Waals surface area contributed by atoms with Crippen molar-refractivity contribution in [3.8, 4) is 5.75 Å². The van der Waals surface area contributed by atoms with Gasteiger partial charge in [-0.1, -0.05) is 19.8 Å². The van der Waals surface area contributed by atoms with E-state index in [-0.39, 0.29) is 17.6 Å². The molecule has 0 saturated carbocycles. The van der Waals surface area contributed by atoms with Gasteiger partial charge in [-0.05, 0) is 24.6 Å². The van der Waals surface area contributed by atoms with E-state index in [1.165, 1.54) is 18.2 Å². The van der Waals surface area contributed by atoms with Gasteiger partial charge in [-0.15, -0.1) is 0 Å². The minimum atomic E-state index is -0.357. The Hall–Kier alpha value is -1.09. The van der Waals surface area contributed by atoms with Crippen LogP contribution in [0.2, 0.25) is 0 Å². The minimum Gasteiger partial charge on any atom is -0.508 e. The SMILES string of the molecule is CCCC[C@@H](N)c1cc(F)ccc1O. The highest BCUT2D eigenvalue weighted by molar-refractivity contribution is 5.34. The van der Waals surface area contributed by atoms with Crippen molar-refractivity contribution in [3.63, 3.8) is 0 Å². The number of phenolic OH excluding ortho intramolecular Hbond substituents is 1. The van der Waals surface area contributed by atoms with Crippen molar-refractivity contribution in [2.75, 3.05) is 0 Å². The monoisotopic (exact) mass is 197 g/mol. The van der Waals surface area contributed by atoms with Gasteiger partial charge in [-0.2, -0.15) is 0 Å². The molecule has 78 valence electrons. The molecule has 0 aliphatic carbocycles. The molecular formula is C11H16FNO. The van der Waals surface area contributed by atoms with E-state index in [1.54, 1.807) is 0 Å². The van der Waals surface area contributed by atoms with E-state index >= 15 is 0 Å². The lowest BCUT2D eigenvalue weighted by molar-refractivity contribution is 0.453. The Morgan fingerprint density at radius 3 is 2.86 bits per heavy atom. The Morgan fingerprint density at radius 2 is 2.21 bits per heavy atom. The summed E-state index contributed by atoms with van der Waals surface area (Å²) in [6.07, 6.45) is 2.80. The van der Waals surface area contributed by atoms with Gasteiger partial charge in [0.15, 0.2) is 0 Å². The summed E-state index contributed by atoms with van der Waals surface area (Å²) in [5, 5.41) is 9.46. The molecule has 1 atom stereocenters. The molecule has 0 amide bonds. The third-order valence-electron chi connectivity index (χ3n) is 2.26. The first kappa shape index (κ1) is 11.0. The van der Waals surface area contributed by atoms with Crippen LogP contribution in [0.3, 0.4) is 0 Å². The highest BCUT2D eigenvalue weighted by Gasteiger charge is 2.10. The Balaban J connectivity index is 2.77. The normalized spacial score (nSPS) is 12.8. The molecule has 0 aliphatic rings. The zero-order valence-corrected chi connectivity index (χ0v) is 8.33. The maximum Gasteiger partial charge on any atom is 0.123 e. The average Bonchev–Trinajstić information content (AvgIpc) is 2.18. The van der Waals surface area contributed by atoms with Gasteiger partial charge in [0.2, 0.25) is 0 Å². The maximum absolute atomic E-state index is 12.9. The van der Waals surface area contributed by atoms with Gasteiger partial charge in [-0.3, -0.25) is 0 Å². The second-order valence-corrected chi connectivity index (χ2v) is 3.45. The smallest absolute Gasteiger partial charge is 0.123 e. The molecule has 1 aromatic carbocycles. The zero-order valence-electron chi connectivity index (χ0n) is 8.33. The van der Waals surface area contributed by atoms with Crippen LogP contribution in [0, 0.1) is 5.82 Å². The second-order valence-electron chi connectivity index (χ2n) is 3.45. The van der Waals surface area contributed by atoms with E-state index in [1.807, 2.05) is 0 Å². The number of hydrogen-bond acceptors (Lipinski definition) is 2. The van der Waals surface area contributed by atoms with Crippen LogP contribution in [0.1, 0.15) is 37.8 Å². The molecule has 1 rings (SSSR count). The van der Waals surface area contributed by atoms with Gasteiger partial charge in [0.25, 0.3) is 0 Å². The molecule has 14 heavy (non-hydrogen) atoms. The standard InChI is InChI=1S/C11H16FNO/c1-2-3-4-10(13)9-7-8(12)5-6-11(9)14/h5-7,10,14H,2-4,13H2,1H3/t10-/m1/s1. The largest absolute Gasteiger partial charge is 0.508 e. The van der Waals surface area contributed by atoms with E-state index in [9.17, 15) is 9.50 Å². The van der Waals surface area contributed by atoms with Crippen LogP contribution in [-0.2, 0) is 0 Å². The van der Waals surface area contributed by atoms with E-state index in [0.717, 1.165) is 19.3 Å². The Kier molecular flexibility index (Phi) is 3.89. The highest BCUT2D eigenvalue weighted by Crippen LogP contribution is 2.26. The van der Waals surface area contributed by atoms with Gasteiger partial charge in [0.1, 0.15) is 11.6 Å². The molecule has 0 heterocycles. The molecule has 0 fully saturated rings. The van der Waals surface area contributed by atoms with Crippen LogP contribution in [0.5, 0.6) is 5.75 Å². The van der Waals surface area contributed by atoms with Crippen LogP contribution < -0.4 is 5.73 Å². The molecule has 3 heteroatoms. The predicted molar refractivity (Wildman–Crippen MR) is 54.5 cm³/mol. The molecule has 0 saturated heterocycles. The molecule has 0 aromatic heterocycles. The summed E-state index contributed by atoms with van der Waals surface area (Å²) in [6, 6.07) is 3.60. The summed E-state index contributed by atoms with van der Waals surface area (Å²) in [4.78, 5) is 0. The first-order valence-electron chi connectivity index (χ1n) is 4.89. The lowest BCUT2D eigenvalue weighted by Crippen LogP contribution is -2.10. The molecule has 0 unspecified atom stereocenters. The summed E-state index contributed by atoms with van der Waals surface area (Å²) < 4.78 is 12.9. The maximum atomic E-state index is 12.9. The average molecular weight is 197 g/mol. The first-order valence-corrected chi connectivity index (χ1v) is 4.89. The quantitative estimate of drug-likeness (QED) is 0.779. The topological polar surface area (TPSA) is 46.2 Å². The van der Waals surface area contributed by atoms with Crippen molar-refractivity contribution < 1.29 is 9.50 Å². The Morgan fingerprint density at radius 1 is 1.50 bits per heavy atom. The van der Waals surface area contributed by atoms with Crippen LogP contribution in [-0.4, -0.2) is 5.11 Å². The number of hydrogen-bond donors (Lipinski definition) is 2. The van der Waals surface area contributed by atoms with Gasteiger partial charge >= 0.3 is 0 Å². The van der Waals surface area contributed by atoms with Gasteiger partial charge < -0.3 is 10.8 Å². The molecule has 3 N–H and O–H groups in total. The number of nitrogens with two attached hydrogens (primary N) is 1. The van der Waals surface area contributed by atoms with E-state index < -0.39 is 0 Å². The Bertz CT molecular complexity index is 301. The van der Waals surface area contributed by atoms with Crippen molar-refractivity contribution in [1.29, 1.82) is 0 Å². The number of benzene rings is 1. The van der Waals surface area contributed by atoms with E-state index in [4.69, 9.17) is 5.73 Å². The molecular weight excluding hydrogens is 181 g/mol. The van der Waals surface area contributed by atoms with Crippen LogP contribution in [0.25, 0.3) is 0 Å². The predicted octanol–water partition coefficient (Wildman–Crippen LogP) is 2.72. The zero-order chi connectivity index (χ0) is 10.6. The van der Waals surface area contributed by atoms with E-state index in [0.29, 0.717) is 5.56 Å². The molecule has 1 aromatic rings. The lowest BCUT2D eigenvalue weighted by Gasteiger charge is -2.12. The summed E-state index contributed by atoms with van der Waals surface area (Å²) >= 11 is 0. The van der Waals surface area contributed by atoms with Crippen molar-refractivity contribution in [2.24, 2.45) is 5.73 Å². The van der Waals surface area contributed by atoms with Crippen molar-refractivity contribution >= 4 is 0 Å². The summed E-state index contributed by atoms with van der Waals surface area (Å²) in [6.45, 7) is 2.07. The number of phenols is 1. The van der Waals surface area contributed by atoms with Crippen LogP contribution >= 0.6 is 0 Å². The summed E-state index contributed by atoms with van der Waals surface area (Å²) in [7, 11) is 0. The van der Waals surface area contributed by atoms with Crippen LogP contribution in [0.15, 0.2) is 18.2 Å².